The summed E-state index contributed by atoms with van der Waals surface area (Å²) < 4.78 is 5.67. The molecule has 1 amide bonds. The molecular formula is C23H26N2O3. The summed E-state index contributed by atoms with van der Waals surface area (Å²) in [7, 11) is 1.88. The van der Waals surface area contributed by atoms with E-state index in [-0.39, 0.29) is 18.3 Å². The standard InChI is InChI=1S/C23H26N2O3/c1-25(20-13-18-9-10-19(14-20)24-18)22(26)15-28-21-11-7-17(8-12-21)23(27)16-5-3-2-4-6-16/h2-8,11-12,18-20,24H,9-10,13-15H2,1H3. The van der Waals surface area contributed by atoms with Gasteiger partial charge in [-0.05, 0) is 49.9 Å². The second-order valence-electron chi connectivity index (χ2n) is 7.78. The Bertz CT molecular complexity index is 823. The number of ketones is 1. The first-order chi connectivity index (χ1) is 13.6. The van der Waals surface area contributed by atoms with E-state index in [1.54, 1.807) is 36.4 Å². The molecule has 146 valence electrons. The summed E-state index contributed by atoms with van der Waals surface area (Å²) in [5.74, 6) is 0.566. The lowest BCUT2D eigenvalue weighted by molar-refractivity contribution is -0.134. The summed E-state index contributed by atoms with van der Waals surface area (Å²) >= 11 is 0. The first kappa shape index (κ1) is 18.7. The Morgan fingerprint density at radius 1 is 0.964 bits per heavy atom. The minimum absolute atomic E-state index is 0.00395. The van der Waals surface area contributed by atoms with Gasteiger partial charge in [-0.25, -0.2) is 0 Å². The molecular weight excluding hydrogens is 352 g/mol. The Morgan fingerprint density at radius 2 is 1.57 bits per heavy atom. The molecule has 5 heteroatoms. The largest absolute Gasteiger partial charge is 0.484 e. The highest BCUT2D eigenvalue weighted by molar-refractivity contribution is 6.08. The molecule has 0 radical (unpaired) electrons. The van der Waals surface area contributed by atoms with Gasteiger partial charge in [0.1, 0.15) is 5.75 Å². The topological polar surface area (TPSA) is 58.6 Å². The molecule has 2 aromatic carbocycles. The van der Waals surface area contributed by atoms with Crippen LogP contribution in [-0.4, -0.2) is 48.4 Å². The maximum absolute atomic E-state index is 12.5. The van der Waals surface area contributed by atoms with Crippen molar-refractivity contribution in [2.75, 3.05) is 13.7 Å². The van der Waals surface area contributed by atoms with E-state index in [4.69, 9.17) is 4.74 Å². The number of nitrogens with one attached hydrogen (secondary N) is 1. The number of hydrogen-bond donors (Lipinski definition) is 1. The number of carbonyl (C=O) groups excluding carboxylic acids is 2. The Morgan fingerprint density at radius 3 is 2.21 bits per heavy atom. The van der Waals surface area contributed by atoms with Crippen molar-refractivity contribution in [3.63, 3.8) is 0 Å². The van der Waals surface area contributed by atoms with Crippen LogP contribution in [0.3, 0.4) is 0 Å². The number of carbonyl (C=O) groups is 2. The van der Waals surface area contributed by atoms with Crippen molar-refractivity contribution in [2.24, 2.45) is 0 Å². The number of likely N-dealkylation sites (N-methyl/N-ethyl adjacent to an activating group) is 1. The minimum atomic E-state index is -0.0245. The van der Waals surface area contributed by atoms with Crippen LogP contribution in [0, 0.1) is 0 Å². The van der Waals surface area contributed by atoms with Gasteiger partial charge in [0.25, 0.3) is 5.91 Å². The van der Waals surface area contributed by atoms with Crippen LogP contribution in [-0.2, 0) is 4.79 Å². The predicted molar refractivity (Wildman–Crippen MR) is 108 cm³/mol. The summed E-state index contributed by atoms with van der Waals surface area (Å²) in [4.78, 5) is 26.8. The Hall–Kier alpha value is -2.66. The average molecular weight is 378 g/mol. The van der Waals surface area contributed by atoms with E-state index in [9.17, 15) is 9.59 Å². The summed E-state index contributed by atoms with van der Waals surface area (Å²) in [6.45, 7) is 0.0156. The summed E-state index contributed by atoms with van der Waals surface area (Å²) in [5.41, 5.74) is 1.26. The number of rotatable bonds is 6. The Labute approximate surface area is 165 Å². The van der Waals surface area contributed by atoms with Crippen LogP contribution in [0.4, 0.5) is 0 Å². The molecule has 5 nitrogen and oxygen atoms in total. The second-order valence-corrected chi connectivity index (χ2v) is 7.78. The van der Waals surface area contributed by atoms with Gasteiger partial charge in [-0.15, -0.1) is 0 Å². The monoisotopic (exact) mass is 378 g/mol. The van der Waals surface area contributed by atoms with Gasteiger partial charge >= 0.3 is 0 Å². The van der Waals surface area contributed by atoms with Crippen molar-refractivity contribution in [1.29, 1.82) is 0 Å². The lowest BCUT2D eigenvalue weighted by atomic mass is 9.98. The molecule has 2 bridgehead atoms. The second kappa shape index (κ2) is 8.15. The highest BCUT2D eigenvalue weighted by atomic mass is 16.5. The lowest BCUT2D eigenvalue weighted by Gasteiger charge is -2.35. The summed E-state index contributed by atoms with van der Waals surface area (Å²) in [6, 6.07) is 17.5. The van der Waals surface area contributed by atoms with Gasteiger partial charge in [0.2, 0.25) is 0 Å². The van der Waals surface area contributed by atoms with Crippen LogP contribution in [0.2, 0.25) is 0 Å². The van der Waals surface area contributed by atoms with E-state index in [1.165, 1.54) is 12.8 Å². The van der Waals surface area contributed by atoms with E-state index in [0.717, 1.165) is 12.8 Å². The van der Waals surface area contributed by atoms with Crippen LogP contribution in [0.15, 0.2) is 54.6 Å². The molecule has 0 aliphatic carbocycles. The first-order valence-electron chi connectivity index (χ1n) is 9.94. The third-order valence-electron chi connectivity index (χ3n) is 5.90. The van der Waals surface area contributed by atoms with Crippen LogP contribution in [0.25, 0.3) is 0 Å². The molecule has 2 unspecified atom stereocenters. The van der Waals surface area contributed by atoms with Crippen molar-refractivity contribution < 1.29 is 14.3 Å². The Balaban J connectivity index is 1.31. The average Bonchev–Trinajstić information content (AvgIpc) is 3.09. The van der Waals surface area contributed by atoms with Crippen molar-refractivity contribution in [2.45, 2.75) is 43.8 Å². The quantitative estimate of drug-likeness (QED) is 0.785. The number of ether oxygens (including phenoxy) is 1. The van der Waals surface area contributed by atoms with Gasteiger partial charge in [0.05, 0.1) is 0 Å². The molecule has 2 aliphatic rings. The maximum Gasteiger partial charge on any atom is 0.260 e. The van der Waals surface area contributed by atoms with E-state index in [0.29, 0.717) is 35.0 Å². The van der Waals surface area contributed by atoms with Crippen molar-refractivity contribution in [1.82, 2.24) is 10.2 Å². The normalized spacial score (nSPS) is 23.2. The van der Waals surface area contributed by atoms with Crippen LogP contribution in [0.1, 0.15) is 41.6 Å². The number of fused-ring (bicyclic) bond motifs is 2. The molecule has 1 N–H and O–H groups in total. The third kappa shape index (κ3) is 4.09. The van der Waals surface area contributed by atoms with Gasteiger partial charge in [-0.1, -0.05) is 30.3 Å². The van der Waals surface area contributed by atoms with Gasteiger partial charge in [0, 0.05) is 36.3 Å². The van der Waals surface area contributed by atoms with E-state index >= 15 is 0 Å². The van der Waals surface area contributed by atoms with Gasteiger partial charge in [-0.2, -0.15) is 0 Å². The van der Waals surface area contributed by atoms with Crippen LogP contribution < -0.4 is 10.1 Å². The lowest BCUT2D eigenvalue weighted by Crippen LogP contribution is -2.49. The van der Waals surface area contributed by atoms with Gasteiger partial charge in [0.15, 0.2) is 12.4 Å². The zero-order valence-electron chi connectivity index (χ0n) is 16.1. The molecule has 4 rings (SSSR count). The molecule has 2 saturated heterocycles. The summed E-state index contributed by atoms with van der Waals surface area (Å²) in [5, 5.41) is 3.60. The van der Waals surface area contributed by atoms with Crippen molar-refractivity contribution in [3.8, 4) is 5.75 Å². The molecule has 0 saturated carbocycles. The zero-order valence-corrected chi connectivity index (χ0v) is 16.1. The fraction of sp³-hybridized carbons (Fsp3) is 0.391. The highest BCUT2D eigenvalue weighted by Crippen LogP contribution is 2.29. The molecule has 2 aromatic rings. The number of piperidine rings is 1. The summed E-state index contributed by atoms with van der Waals surface area (Å²) in [6.07, 6.45) is 4.48. The molecule has 2 heterocycles. The predicted octanol–water partition coefficient (Wildman–Crippen LogP) is 3.04. The van der Waals surface area contributed by atoms with E-state index in [1.807, 2.05) is 30.1 Å². The van der Waals surface area contributed by atoms with E-state index in [2.05, 4.69) is 5.32 Å². The number of amides is 1. The SMILES string of the molecule is CN(C(=O)COc1ccc(C(=O)c2ccccc2)cc1)C1CC2CCC(C1)N2. The van der Waals surface area contributed by atoms with Gasteiger partial charge in [-0.3, -0.25) is 9.59 Å². The van der Waals surface area contributed by atoms with Crippen LogP contribution in [0.5, 0.6) is 5.75 Å². The van der Waals surface area contributed by atoms with Crippen molar-refractivity contribution in [3.05, 3.63) is 65.7 Å². The molecule has 2 atom stereocenters. The zero-order chi connectivity index (χ0) is 19.5. The molecule has 0 aromatic heterocycles. The minimum Gasteiger partial charge on any atom is -0.484 e. The highest BCUT2D eigenvalue weighted by Gasteiger charge is 2.36. The maximum atomic E-state index is 12.5. The fourth-order valence-electron chi connectivity index (χ4n) is 4.25. The Kier molecular flexibility index (Phi) is 5.44. The smallest absolute Gasteiger partial charge is 0.260 e. The number of hydrogen-bond acceptors (Lipinski definition) is 4. The van der Waals surface area contributed by atoms with Crippen molar-refractivity contribution >= 4 is 11.7 Å². The van der Waals surface area contributed by atoms with Gasteiger partial charge < -0.3 is 15.0 Å². The molecule has 2 fully saturated rings. The third-order valence-corrected chi connectivity index (χ3v) is 5.90. The fourth-order valence-corrected chi connectivity index (χ4v) is 4.25. The first-order valence-corrected chi connectivity index (χ1v) is 9.94. The number of nitrogens with zero attached hydrogens (tertiary/aromatic N) is 1. The van der Waals surface area contributed by atoms with Crippen LogP contribution >= 0.6 is 0 Å². The molecule has 28 heavy (non-hydrogen) atoms. The number of benzene rings is 2. The molecule has 2 aliphatic heterocycles. The molecule has 0 spiro atoms. The van der Waals surface area contributed by atoms with E-state index < -0.39 is 0 Å².